The van der Waals surface area contributed by atoms with Crippen molar-refractivity contribution < 1.29 is 19.4 Å². The summed E-state index contributed by atoms with van der Waals surface area (Å²) in [6, 6.07) is 28.7. The summed E-state index contributed by atoms with van der Waals surface area (Å²) in [6.45, 7) is 0. The first kappa shape index (κ1) is 22.5. The van der Waals surface area contributed by atoms with Crippen LogP contribution >= 0.6 is 0 Å². The second-order valence-electron chi connectivity index (χ2n) is 7.52. The minimum Gasteiger partial charge on any atom is -0.485 e. The number of carbonyl (C=O) groups is 2. The third kappa shape index (κ3) is 6.20. The second-order valence-corrected chi connectivity index (χ2v) is 7.52. The van der Waals surface area contributed by atoms with Crippen LogP contribution in [0.5, 0.6) is 5.75 Å². The average molecular weight is 453 g/mol. The molecule has 1 amide bonds. The number of pyridine rings is 1. The highest BCUT2D eigenvalue weighted by Gasteiger charge is 2.18. The molecule has 3 N–H and O–H groups in total. The highest BCUT2D eigenvalue weighted by Crippen LogP contribution is 2.27. The van der Waals surface area contributed by atoms with E-state index in [1.165, 1.54) is 0 Å². The number of hydrogen-bond donors (Lipinski definition) is 3. The van der Waals surface area contributed by atoms with Gasteiger partial charge in [-0.2, -0.15) is 0 Å². The molecule has 4 rings (SSSR count). The fourth-order valence-electron chi connectivity index (χ4n) is 3.39. The Kier molecular flexibility index (Phi) is 7.15. The van der Waals surface area contributed by atoms with Crippen LogP contribution in [0.15, 0.2) is 103 Å². The number of nitrogens with zero attached hydrogens (tertiary/aromatic N) is 1. The fourth-order valence-corrected chi connectivity index (χ4v) is 3.39. The summed E-state index contributed by atoms with van der Waals surface area (Å²) in [6.07, 6.45) is 0.850. The van der Waals surface area contributed by atoms with E-state index < -0.39 is 12.1 Å². The van der Waals surface area contributed by atoms with Gasteiger partial charge in [-0.15, -0.1) is 0 Å². The number of aliphatic carboxylic acids is 1. The van der Waals surface area contributed by atoms with Gasteiger partial charge < -0.3 is 20.5 Å². The maximum Gasteiger partial charge on any atom is 0.307 e. The Morgan fingerprint density at radius 2 is 1.62 bits per heavy atom. The number of anilines is 3. The first-order chi connectivity index (χ1) is 16.6. The Hall–Kier alpha value is -4.65. The van der Waals surface area contributed by atoms with E-state index in [1.807, 2.05) is 54.6 Å². The Bertz CT molecular complexity index is 1260. The van der Waals surface area contributed by atoms with Crippen LogP contribution in [-0.4, -0.2) is 22.0 Å². The van der Waals surface area contributed by atoms with Gasteiger partial charge in [-0.1, -0.05) is 48.5 Å². The van der Waals surface area contributed by atoms with Gasteiger partial charge in [0.25, 0.3) is 5.91 Å². The van der Waals surface area contributed by atoms with Crippen molar-refractivity contribution in [3.63, 3.8) is 0 Å². The van der Waals surface area contributed by atoms with Crippen molar-refractivity contribution >= 4 is 29.1 Å². The van der Waals surface area contributed by atoms with Gasteiger partial charge >= 0.3 is 5.97 Å². The van der Waals surface area contributed by atoms with Gasteiger partial charge in [0.1, 0.15) is 17.7 Å². The predicted octanol–water partition coefficient (Wildman–Crippen LogP) is 5.67. The Balaban J connectivity index is 1.46. The van der Waals surface area contributed by atoms with Crippen LogP contribution in [0.3, 0.4) is 0 Å². The molecule has 34 heavy (non-hydrogen) atoms. The number of rotatable bonds is 9. The molecule has 3 aromatic carbocycles. The van der Waals surface area contributed by atoms with E-state index in [1.54, 1.807) is 48.7 Å². The maximum absolute atomic E-state index is 12.8. The smallest absolute Gasteiger partial charge is 0.307 e. The zero-order valence-corrected chi connectivity index (χ0v) is 18.2. The van der Waals surface area contributed by atoms with Crippen LogP contribution in [0.25, 0.3) is 0 Å². The molecule has 1 aromatic heterocycles. The normalized spacial score (nSPS) is 11.3. The minimum atomic E-state index is -0.961. The number of hydrogen-bond acceptors (Lipinski definition) is 5. The van der Waals surface area contributed by atoms with E-state index in [2.05, 4.69) is 15.6 Å². The Labute approximate surface area is 197 Å². The standard InChI is InChI=1S/C27H23N3O4/c31-26(32)18-24(19-8-2-1-3-9-19)34-23-13-7-12-22(17-23)30-27(33)20-10-6-11-21(16-20)29-25-14-4-5-15-28-25/h1-17,24H,18H2,(H,28,29)(H,30,33)(H,31,32). The molecule has 0 aliphatic carbocycles. The van der Waals surface area contributed by atoms with E-state index in [4.69, 9.17) is 4.74 Å². The summed E-state index contributed by atoms with van der Waals surface area (Å²) in [7, 11) is 0. The zero-order chi connectivity index (χ0) is 23.8. The number of carbonyl (C=O) groups excluding carboxylic acids is 1. The molecule has 0 bridgehead atoms. The summed E-state index contributed by atoms with van der Waals surface area (Å²) in [5.41, 5.74) is 2.51. The van der Waals surface area contributed by atoms with Crippen molar-refractivity contribution in [1.82, 2.24) is 4.98 Å². The second kappa shape index (κ2) is 10.8. The number of benzene rings is 3. The highest BCUT2D eigenvalue weighted by molar-refractivity contribution is 6.05. The fraction of sp³-hybridized carbons (Fsp3) is 0.0741. The summed E-state index contributed by atoms with van der Waals surface area (Å²) >= 11 is 0. The number of carboxylic acid groups (broad SMARTS) is 1. The number of ether oxygens (including phenoxy) is 1. The molecule has 0 saturated heterocycles. The van der Waals surface area contributed by atoms with E-state index in [-0.39, 0.29) is 12.3 Å². The predicted molar refractivity (Wildman–Crippen MR) is 130 cm³/mol. The van der Waals surface area contributed by atoms with Gasteiger partial charge in [-0.05, 0) is 48.0 Å². The van der Waals surface area contributed by atoms with Gasteiger partial charge in [-0.25, -0.2) is 4.98 Å². The minimum absolute atomic E-state index is 0.184. The number of nitrogens with one attached hydrogen (secondary N) is 2. The number of carboxylic acids is 1. The van der Waals surface area contributed by atoms with E-state index in [0.717, 1.165) is 11.3 Å². The highest BCUT2D eigenvalue weighted by atomic mass is 16.5. The van der Waals surface area contributed by atoms with Crippen LogP contribution in [-0.2, 0) is 4.79 Å². The Morgan fingerprint density at radius 1 is 0.853 bits per heavy atom. The monoisotopic (exact) mass is 453 g/mol. The maximum atomic E-state index is 12.8. The quantitative estimate of drug-likeness (QED) is 0.302. The largest absolute Gasteiger partial charge is 0.485 e. The molecule has 1 atom stereocenters. The molecule has 170 valence electrons. The topological polar surface area (TPSA) is 101 Å². The molecule has 1 unspecified atom stereocenters. The SMILES string of the molecule is O=C(O)CC(Oc1cccc(NC(=O)c2cccc(Nc3ccccn3)c2)c1)c1ccccc1. The molecule has 0 aliphatic rings. The van der Waals surface area contributed by atoms with Gasteiger partial charge in [0.05, 0.1) is 6.42 Å². The van der Waals surface area contributed by atoms with Crippen molar-refractivity contribution in [1.29, 1.82) is 0 Å². The van der Waals surface area contributed by atoms with Crippen molar-refractivity contribution in [2.75, 3.05) is 10.6 Å². The lowest BCUT2D eigenvalue weighted by atomic mass is 10.1. The van der Waals surface area contributed by atoms with Crippen molar-refractivity contribution in [3.8, 4) is 5.75 Å². The summed E-state index contributed by atoms with van der Waals surface area (Å²) in [4.78, 5) is 28.4. The molecule has 7 nitrogen and oxygen atoms in total. The van der Waals surface area contributed by atoms with E-state index in [9.17, 15) is 14.7 Å². The first-order valence-corrected chi connectivity index (χ1v) is 10.7. The van der Waals surface area contributed by atoms with E-state index >= 15 is 0 Å². The van der Waals surface area contributed by atoms with Gasteiger partial charge in [-0.3, -0.25) is 9.59 Å². The van der Waals surface area contributed by atoms with Crippen LogP contribution < -0.4 is 15.4 Å². The lowest BCUT2D eigenvalue weighted by Crippen LogP contribution is -2.14. The lowest BCUT2D eigenvalue weighted by Gasteiger charge is -2.18. The van der Waals surface area contributed by atoms with Gasteiger partial charge in [0.15, 0.2) is 0 Å². The molecule has 0 fully saturated rings. The number of aromatic nitrogens is 1. The summed E-state index contributed by atoms with van der Waals surface area (Å²) in [5.74, 6) is -0.109. The Morgan fingerprint density at radius 3 is 2.38 bits per heavy atom. The third-order valence-electron chi connectivity index (χ3n) is 4.96. The van der Waals surface area contributed by atoms with Crippen LogP contribution in [0, 0.1) is 0 Å². The zero-order valence-electron chi connectivity index (χ0n) is 18.2. The van der Waals surface area contributed by atoms with Crippen molar-refractivity contribution in [3.05, 3.63) is 114 Å². The molecule has 4 aromatic rings. The third-order valence-corrected chi connectivity index (χ3v) is 4.96. The first-order valence-electron chi connectivity index (χ1n) is 10.7. The molecular formula is C27H23N3O4. The van der Waals surface area contributed by atoms with Crippen LogP contribution in [0.2, 0.25) is 0 Å². The molecule has 0 saturated carbocycles. The molecule has 7 heteroatoms. The van der Waals surface area contributed by atoms with E-state index in [0.29, 0.717) is 22.8 Å². The molecule has 0 radical (unpaired) electrons. The summed E-state index contributed by atoms with van der Waals surface area (Å²) in [5, 5.41) is 15.3. The number of amides is 1. The van der Waals surface area contributed by atoms with Crippen LogP contribution in [0.1, 0.15) is 28.4 Å². The van der Waals surface area contributed by atoms with Gasteiger partial charge in [0, 0.05) is 29.2 Å². The molecule has 0 spiro atoms. The summed E-state index contributed by atoms with van der Waals surface area (Å²) < 4.78 is 5.98. The lowest BCUT2D eigenvalue weighted by molar-refractivity contribution is -0.138. The molecule has 0 aliphatic heterocycles. The molecular weight excluding hydrogens is 430 g/mol. The van der Waals surface area contributed by atoms with Crippen molar-refractivity contribution in [2.45, 2.75) is 12.5 Å². The van der Waals surface area contributed by atoms with Crippen LogP contribution in [0.4, 0.5) is 17.2 Å². The average Bonchev–Trinajstić information content (AvgIpc) is 2.85. The van der Waals surface area contributed by atoms with Crippen molar-refractivity contribution in [2.24, 2.45) is 0 Å². The molecule has 1 heterocycles. The van der Waals surface area contributed by atoms with Gasteiger partial charge in [0.2, 0.25) is 0 Å².